The average Bonchev–Trinajstić information content (AvgIpc) is 3.37. The zero-order chi connectivity index (χ0) is 19.0. The monoisotopic (exact) mass is 399 g/mol. The highest BCUT2D eigenvalue weighted by Gasteiger charge is 2.18. The van der Waals surface area contributed by atoms with E-state index in [0.717, 1.165) is 17.9 Å². The van der Waals surface area contributed by atoms with Crippen molar-refractivity contribution < 1.29 is 9.53 Å². The summed E-state index contributed by atoms with van der Waals surface area (Å²) in [5, 5.41) is 3.83. The van der Waals surface area contributed by atoms with Gasteiger partial charge in [0.2, 0.25) is 0 Å². The fourth-order valence-electron chi connectivity index (χ4n) is 2.99. The molecule has 0 amide bonds. The molecule has 8 heteroatoms. The van der Waals surface area contributed by atoms with Gasteiger partial charge in [-0.3, -0.25) is 9.20 Å². The number of thiazole rings is 1. The second-order valence-corrected chi connectivity index (χ2v) is 8.07. The Kier molecular flexibility index (Phi) is 4.67. The highest BCUT2D eigenvalue weighted by atomic mass is 32.1. The van der Waals surface area contributed by atoms with Crippen molar-refractivity contribution in [2.75, 3.05) is 0 Å². The predicted octanol–water partition coefficient (Wildman–Crippen LogP) is 3.64. The van der Waals surface area contributed by atoms with Gasteiger partial charge in [-0.05, 0) is 31.4 Å². The standard InChI is InChI=1S/C19H17N3O3S2/c1-12-8-16(13(2)22(12)10-15-4-3-6-26-15)18(24)25-11-14-9-17(23)21-5-7-27-19(21)20-14/h3-9H,10-11H2,1-2H3. The second-order valence-electron chi connectivity index (χ2n) is 6.17. The third-order valence-electron chi connectivity index (χ3n) is 4.39. The summed E-state index contributed by atoms with van der Waals surface area (Å²) in [4.78, 5) is 30.7. The van der Waals surface area contributed by atoms with Crippen molar-refractivity contribution in [3.63, 3.8) is 0 Å². The SMILES string of the molecule is Cc1cc(C(=O)OCc2cc(=O)n3ccsc3n2)c(C)n1Cc1cccs1. The molecule has 0 spiro atoms. The van der Waals surface area contributed by atoms with Gasteiger partial charge in [-0.25, -0.2) is 9.78 Å². The molecule has 0 saturated heterocycles. The van der Waals surface area contributed by atoms with Crippen LogP contribution in [-0.2, 0) is 17.9 Å². The van der Waals surface area contributed by atoms with Gasteiger partial charge in [0.05, 0.1) is 17.8 Å². The lowest BCUT2D eigenvalue weighted by Crippen LogP contribution is -2.15. The minimum atomic E-state index is -0.409. The van der Waals surface area contributed by atoms with E-state index in [0.29, 0.717) is 16.2 Å². The van der Waals surface area contributed by atoms with Crippen LogP contribution in [0.1, 0.15) is 32.3 Å². The summed E-state index contributed by atoms with van der Waals surface area (Å²) < 4.78 is 8.99. The molecule has 0 atom stereocenters. The summed E-state index contributed by atoms with van der Waals surface area (Å²) >= 11 is 3.05. The fourth-order valence-corrected chi connectivity index (χ4v) is 4.42. The molecular weight excluding hydrogens is 382 g/mol. The molecule has 4 aromatic heterocycles. The number of carbonyl (C=O) groups is 1. The number of rotatable bonds is 5. The molecule has 0 saturated carbocycles. The van der Waals surface area contributed by atoms with E-state index in [4.69, 9.17) is 4.74 Å². The van der Waals surface area contributed by atoms with Gasteiger partial charge >= 0.3 is 5.97 Å². The molecule has 0 aromatic carbocycles. The summed E-state index contributed by atoms with van der Waals surface area (Å²) in [5.41, 5.74) is 2.68. The van der Waals surface area contributed by atoms with Crippen molar-refractivity contribution >= 4 is 33.6 Å². The minimum absolute atomic E-state index is 0.0307. The molecule has 0 radical (unpaired) electrons. The van der Waals surface area contributed by atoms with Gasteiger partial charge in [0.25, 0.3) is 5.56 Å². The van der Waals surface area contributed by atoms with Crippen molar-refractivity contribution in [2.24, 2.45) is 0 Å². The molecule has 0 bridgehead atoms. The number of thiophene rings is 1. The van der Waals surface area contributed by atoms with Crippen LogP contribution in [0.25, 0.3) is 4.96 Å². The Morgan fingerprint density at radius 3 is 2.85 bits per heavy atom. The largest absolute Gasteiger partial charge is 0.456 e. The maximum absolute atomic E-state index is 12.6. The molecule has 4 rings (SSSR count). The molecule has 0 unspecified atom stereocenters. The zero-order valence-corrected chi connectivity index (χ0v) is 16.5. The van der Waals surface area contributed by atoms with Gasteiger partial charge in [0, 0.05) is 33.9 Å². The third kappa shape index (κ3) is 3.45. The normalized spacial score (nSPS) is 11.2. The van der Waals surface area contributed by atoms with Crippen LogP contribution < -0.4 is 5.56 Å². The van der Waals surface area contributed by atoms with Crippen LogP contribution >= 0.6 is 22.7 Å². The Balaban J connectivity index is 1.51. The first-order valence-electron chi connectivity index (χ1n) is 8.35. The number of aryl methyl sites for hydroxylation is 1. The van der Waals surface area contributed by atoms with Gasteiger partial charge in [0.15, 0.2) is 4.96 Å². The van der Waals surface area contributed by atoms with E-state index in [1.807, 2.05) is 31.4 Å². The molecule has 0 fully saturated rings. The van der Waals surface area contributed by atoms with E-state index in [1.54, 1.807) is 22.9 Å². The van der Waals surface area contributed by atoms with Crippen LogP contribution in [0, 0.1) is 13.8 Å². The molecule has 0 N–H and O–H groups in total. The highest BCUT2D eigenvalue weighted by molar-refractivity contribution is 7.15. The average molecular weight is 399 g/mol. The van der Waals surface area contributed by atoms with Gasteiger partial charge in [-0.1, -0.05) is 6.07 Å². The number of nitrogens with zero attached hydrogens (tertiary/aromatic N) is 3. The summed E-state index contributed by atoms with van der Waals surface area (Å²) in [5.74, 6) is -0.409. The molecule has 6 nitrogen and oxygen atoms in total. The van der Waals surface area contributed by atoms with Crippen molar-refractivity contribution in [3.8, 4) is 0 Å². The predicted molar refractivity (Wildman–Crippen MR) is 106 cm³/mol. The van der Waals surface area contributed by atoms with E-state index in [9.17, 15) is 9.59 Å². The first-order chi connectivity index (χ1) is 13.0. The lowest BCUT2D eigenvalue weighted by molar-refractivity contribution is 0.0467. The molecule has 27 heavy (non-hydrogen) atoms. The first-order valence-corrected chi connectivity index (χ1v) is 10.1. The molecule has 0 aliphatic carbocycles. The quantitative estimate of drug-likeness (QED) is 0.481. The summed E-state index contributed by atoms with van der Waals surface area (Å²) in [6.07, 6.45) is 1.67. The van der Waals surface area contributed by atoms with Crippen LogP contribution in [0.5, 0.6) is 0 Å². The fraction of sp³-hybridized carbons (Fsp3) is 0.211. The van der Waals surface area contributed by atoms with Crippen LogP contribution in [0.2, 0.25) is 0 Å². The third-order valence-corrected chi connectivity index (χ3v) is 6.01. The maximum atomic E-state index is 12.6. The highest BCUT2D eigenvalue weighted by Crippen LogP contribution is 2.20. The van der Waals surface area contributed by atoms with Crippen LogP contribution in [-0.4, -0.2) is 19.9 Å². The Labute approximate surface area is 163 Å². The van der Waals surface area contributed by atoms with E-state index >= 15 is 0 Å². The van der Waals surface area contributed by atoms with Crippen LogP contribution in [0.3, 0.4) is 0 Å². The Hall–Kier alpha value is -2.71. The molecule has 4 aromatic rings. The number of hydrogen-bond donors (Lipinski definition) is 0. The molecular formula is C19H17N3O3S2. The van der Waals surface area contributed by atoms with Crippen molar-refractivity contribution in [2.45, 2.75) is 27.0 Å². The van der Waals surface area contributed by atoms with E-state index < -0.39 is 5.97 Å². The molecule has 0 aliphatic rings. The number of ether oxygens (including phenoxy) is 1. The number of aromatic nitrogens is 3. The molecule has 138 valence electrons. The van der Waals surface area contributed by atoms with Gasteiger partial charge < -0.3 is 9.30 Å². The molecule has 0 aliphatic heterocycles. The number of hydrogen-bond acceptors (Lipinski definition) is 6. The lowest BCUT2D eigenvalue weighted by atomic mass is 10.2. The van der Waals surface area contributed by atoms with Gasteiger partial charge in [0.1, 0.15) is 6.61 Å². The van der Waals surface area contributed by atoms with Crippen LogP contribution in [0.4, 0.5) is 0 Å². The summed E-state index contributed by atoms with van der Waals surface area (Å²) in [6.45, 7) is 4.59. The second kappa shape index (κ2) is 7.13. The summed E-state index contributed by atoms with van der Waals surface area (Å²) in [7, 11) is 0. The number of carbonyl (C=O) groups excluding carboxylic acids is 1. The van der Waals surface area contributed by atoms with E-state index in [-0.39, 0.29) is 12.2 Å². The maximum Gasteiger partial charge on any atom is 0.340 e. The van der Waals surface area contributed by atoms with E-state index in [1.165, 1.54) is 26.7 Å². The smallest absolute Gasteiger partial charge is 0.340 e. The van der Waals surface area contributed by atoms with Crippen LogP contribution in [0.15, 0.2) is 46.0 Å². The molecule has 4 heterocycles. The van der Waals surface area contributed by atoms with Crippen molar-refractivity contribution in [1.82, 2.24) is 14.0 Å². The topological polar surface area (TPSA) is 65.6 Å². The van der Waals surface area contributed by atoms with Crippen molar-refractivity contribution in [3.05, 3.63) is 79.1 Å². The first kappa shape index (κ1) is 17.7. The minimum Gasteiger partial charge on any atom is -0.456 e. The number of esters is 1. The summed E-state index contributed by atoms with van der Waals surface area (Å²) in [6, 6.07) is 7.33. The van der Waals surface area contributed by atoms with E-state index in [2.05, 4.69) is 15.6 Å². The van der Waals surface area contributed by atoms with Gasteiger partial charge in [-0.2, -0.15) is 0 Å². The van der Waals surface area contributed by atoms with Gasteiger partial charge in [-0.15, -0.1) is 22.7 Å². The Bertz CT molecular complexity index is 1170. The lowest BCUT2D eigenvalue weighted by Gasteiger charge is -2.08. The Morgan fingerprint density at radius 2 is 2.07 bits per heavy atom. The number of fused-ring (bicyclic) bond motifs is 1. The Morgan fingerprint density at radius 1 is 1.22 bits per heavy atom. The zero-order valence-electron chi connectivity index (χ0n) is 14.8. The van der Waals surface area contributed by atoms with Crippen molar-refractivity contribution in [1.29, 1.82) is 0 Å².